The lowest BCUT2D eigenvalue weighted by atomic mass is 10.1. The molecule has 9 nitrogen and oxygen atoms in total. The molecule has 0 aromatic rings. The van der Waals surface area contributed by atoms with E-state index in [4.69, 9.17) is 9.47 Å². The first kappa shape index (κ1) is 25.7. The van der Waals surface area contributed by atoms with Gasteiger partial charge in [-0.15, -0.1) is 24.0 Å². The fourth-order valence-electron chi connectivity index (χ4n) is 2.99. The predicted octanol–water partition coefficient (Wildman–Crippen LogP) is 1.27. The Labute approximate surface area is 191 Å². The minimum absolute atomic E-state index is 0. The maximum atomic E-state index is 12.2. The van der Waals surface area contributed by atoms with Gasteiger partial charge in [0.25, 0.3) is 0 Å². The Morgan fingerprint density at radius 2 is 2.00 bits per heavy atom. The lowest BCUT2D eigenvalue weighted by Gasteiger charge is -2.24. The molecular weight excluding hydrogens is 489 g/mol. The van der Waals surface area contributed by atoms with E-state index in [0.717, 1.165) is 32.6 Å². The summed E-state index contributed by atoms with van der Waals surface area (Å²) in [5.41, 5.74) is -0.507. The van der Waals surface area contributed by atoms with Crippen LogP contribution in [0.25, 0.3) is 0 Å². The van der Waals surface area contributed by atoms with E-state index in [1.807, 2.05) is 20.8 Å². The highest BCUT2D eigenvalue weighted by atomic mass is 127. The van der Waals surface area contributed by atoms with Crippen LogP contribution < -0.4 is 10.6 Å². The third kappa shape index (κ3) is 9.37. The molecule has 0 spiro atoms. The topological polar surface area (TPSA) is 95.5 Å². The van der Waals surface area contributed by atoms with Crippen molar-refractivity contribution in [2.24, 2.45) is 10.9 Å². The van der Waals surface area contributed by atoms with Crippen molar-refractivity contribution in [3.8, 4) is 0 Å². The number of likely N-dealkylation sites (tertiary alicyclic amines) is 1. The average Bonchev–Trinajstić information content (AvgIpc) is 3.27. The minimum Gasteiger partial charge on any atom is -0.444 e. The summed E-state index contributed by atoms with van der Waals surface area (Å²) in [5.74, 6) is 0.976. The molecule has 2 heterocycles. The number of carbonyl (C=O) groups is 2. The van der Waals surface area contributed by atoms with Gasteiger partial charge in [-0.3, -0.25) is 4.79 Å². The molecule has 2 amide bonds. The van der Waals surface area contributed by atoms with Gasteiger partial charge in [-0.25, -0.2) is 9.79 Å². The summed E-state index contributed by atoms with van der Waals surface area (Å²) < 4.78 is 10.9. The van der Waals surface area contributed by atoms with Gasteiger partial charge in [0.1, 0.15) is 12.1 Å². The first-order chi connectivity index (χ1) is 13.1. The van der Waals surface area contributed by atoms with Crippen LogP contribution in [0.2, 0.25) is 0 Å². The van der Waals surface area contributed by atoms with Gasteiger partial charge in [-0.05, 0) is 33.6 Å². The van der Waals surface area contributed by atoms with Gasteiger partial charge in [-0.2, -0.15) is 0 Å². The SMILES string of the molecule is CN(C)C(=O)CN=C(NCC1CCOC1)NC1CCN(C(=O)OC(C)(C)C)C1.I. The molecule has 29 heavy (non-hydrogen) atoms. The molecule has 2 aliphatic rings. The number of likely N-dealkylation sites (N-methyl/N-ethyl adjacent to an activating group) is 1. The predicted molar refractivity (Wildman–Crippen MR) is 123 cm³/mol. The molecule has 2 N–H and O–H groups in total. The smallest absolute Gasteiger partial charge is 0.410 e. The monoisotopic (exact) mass is 525 g/mol. The van der Waals surface area contributed by atoms with E-state index in [1.165, 1.54) is 4.90 Å². The first-order valence-corrected chi connectivity index (χ1v) is 9.94. The van der Waals surface area contributed by atoms with Crippen LogP contribution in [0.3, 0.4) is 0 Å². The Morgan fingerprint density at radius 1 is 1.28 bits per heavy atom. The van der Waals surface area contributed by atoms with E-state index in [-0.39, 0.29) is 48.6 Å². The second-order valence-electron chi connectivity index (χ2n) is 8.62. The molecule has 2 rings (SSSR count). The molecule has 0 radical (unpaired) electrons. The van der Waals surface area contributed by atoms with E-state index in [1.54, 1.807) is 19.0 Å². The molecule has 0 saturated carbocycles. The Balaban J connectivity index is 0.00000420. The van der Waals surface area contributed by atoms with Crippen molar-refractivity contribution in [3.05, 3.63) is 0 Å². The van der Waals surface area contributed by atoms with Crippen LogP contribution in [0.4, 0.5) is 4.79 Å². The van der Waals surface area contributed by atoms with Crippen LogP contribution in [0.1, 0.15) is 33.6 Å². The quantitative estimate of drug-likeness (QED) is 0.319. The number of nitrogens with one attached hydrogen (secondary N) is 2. The summed E-state index contributed by atoms with van der Waals surface area (Å²) in [4.78, 5) is 31.8. The van der Waals surface area contributed by atoms with E-state index >= 15 is 0 Å². The lowest BCUT2D eigenvalue weighted by Crippen LogP contribution is -2.47. The van der Waals surface area contributed by atoms with E-state index in [9.17, 15) is 9.59 Å². The average molecular weight is 525 g/mol. The zero-order valence-corrected chi connectivity index (χ0v) is 20.5. The second kappa shape index (κ2) is 11.8. The molecule has 2 saturated heterocycles. The normalized spacial score (nSPS) is 22.1. The van der Waals surface area contributed by atoms with Gasteiger partial charge in [0, 0.05) is 52.3 Å². The lowest BCUT2D eigenvalue weighted by molar-refractivity contribution is -0.127. The maximum Gasteiger partial charge on any atom is 0.410 e. The highest BCUT2D eigenvalue weighted by molar-refractivity contribution is 14.0. The molecule has 2 unspecified atom stereocenters. The summed E-state index contributed by atoms with van der Waals surface area (Å²) >= 11 is 0. The molecule has 10 heteroatoms. The second-order valence-corrected chi connectivity index (χ2v) is 8.62. The van der Waals surface area contributed by atoms with E-state index in [2.05, 4.69) is 15.6 Å². The number of ether oxygens (including phenoxy) is 2. The number of guanidine groups is 1. The van der Waals surface area contributed by atoms with Crippen molar-refractivity contribution < 1.29 is 19.1 Å². The number of nitrogens with zero attached hydrogens (tertiary/aromatic N) is 3. The zero-order chi connectivity index (χ0) is 20.7. The zero-order valence-electron chi connectivity index (χ0n) is 18.2. The molecule has 2 atom stereocenters. The maximum absolute atomic E-state index is 12.2. The summed E-state index contributed by atoms with van der Waals surface area (Å²) in [6.07, 6.45) is 1.52. The Bertz CT molecular complexity index is 573. The fraction of sp³-hybridized carbons (Fsp3) is 0.842. The molecule has 168 valence electrons. The number of hydrogen-bond donors (Lipinski definition) is 2. The number of hydrogen-bond acceptors (Lipinski definition) is 5. The Hall–Kier alpha value is -1.30. The molecular formula is C19H36IN5O4. The van der Waals surface area contributed by atoms with Crippen molar-refractivity contribution in [2.45, 2.75) is 45.3 Å². The van der Waals surface area contributed by atoms with Crippen LogP contribution in [-0.2, 0) is 14.3 Å². The molecule has 0 aromatic carbocycles. The number of rotatable bonds is 5. The molecule has 0 bridgehead atoms. The Morgan fingerprint density at radius 3 is 2.59 bits per heavy atom. The summed E-state index contributed by atoms with van der Waals surface area (Å²) in [6, 6.07) is 0.0630. The Kier molecular flexibility index (Phi) is 10.4. The number of carbonyl (C=O) groups excluding carboxylic acids is 2. The van der Waals surface area contributed by atoms with Crippen LogP contribution in [-0.4, -0.2) is 92.9 Å². The van der Waals surface area contributed by atoms with E-state index < -0.39 is 5.60 Å². The molecule has 0 aromatic heterocycles. The minimum atomic E-state index is -0.507. The third-order valence-electron chi connectivity index (χ3n) is 4.63. The molecule has 0 aliphatic carbocycles. The van der Waals surface area contributed by atoms with Gasteiger partial charge in [0.05, 0.1) is 6.61 Å². The van der Waals surface area contributed by atoms with Crippen molar-refractivity contribution in [2.75, 3.05) is 53.5 Å². The standard InChI is InChI=1S/C19H35N5O4.HI/c1-19(2,3)28-18(26)24-8-6-15(12-24)22-17(21-11-16(25)23(4)5)20-10-14-7-9-27-13-14;/h14-15H,6-13H2,1-5H3,(H2,20,21,22);1H. The summed E-state index contributed by atoms with van der Waals surface area (Å²) in [5, 5.41) is 6.68. The summed E-state index contributed by atoms with van der Waals surface area (Å²) in [7, 11) is 3.42. The molecule has 2 fully saturated rings. The fourth-order valence-corrected chi connectivity index (χ4v) is 2.99. The number of halogens is 1. The van der Waals surface area contributed by atoms with Gasteiger partial charge in [0.2, 0.25) is 5.91 Å². The highest BCUT2D eigenvalue weighted by Crippen LogP contribution is 2.15. The van der Waals surface area contributed by atoms with Gasteiger partial charge < -0.3 is 29.9 Å². The van der Waals surface area contributed by atoms with Crippen molar-refractivity contribution in [1.29, 1.82) is 0 Å². The van der Waals surface area contributed by atoms with Crippen LogP contribution in [0, 0.1) is 5.92 Å². The van der Waals surface area contributed by atoms with Gasteiger partial charge >= 0.3 is 6.09 Å². The largest absolute Gasteiger partial charge is 0.444 e. The highest BCUT2D eigenvalue weighted by Gasteiger charge is 2.30. The third-order valence-corrected chi connectivity index (χ3v) is 4.63. The van der Waals surface area contributed by atoms with Crippen molar-refractivity contribution in [3.63, 3.8) is 0 Å². The van der Waals surface area contributed by atoms with E-state index in [0.29, 0.717) is 25.0 Å². The van der Waals surface area contributed by atoms with Gasteiger partial charge in [-0.1, -0.05) is 0 Å². The van der Waals surface area contributed by atoms with Crippen molar-refractivity contribution in [1.82, 2.24) is 20.4 Å². The van der Waals surface area contributed by atoms with Crippen LogP contribution in [0.5, 0.6) is 0 Å². The molecule has 2 aliphatic heterocycles. The van der Waals surface area contributed by atoms with Gasteiger partial charge in [0.15, 0.2) is 5.96 Å². The number of amides is 2. The number of aliphatic imine (C=N–C) groups is 1. The first-order valence-electron chi connectivity index (χ1n) is 9.94. The van der Waals surface area contributed by atoms with Crippen molar-refractivity contribution >= 4 is 41.9 Å². The van der Waals surface area contributed by atoms with Crippen LogP contribution >= 0.6 is 24.0 Å². The summed E-state index contributed by atoms with van der Waals surface area (Å²) in [6.45, 7) is 9.11. The van der Waals surface area contributed by atoms with Crippen LogP contribution in [0.15, 0.2) is 4.99 Å².